The number of nitriles is 1. The number of hydrogen-bond acceptors (Lipinski definition) is 4. The van der Waals surface area contributed by atoms with Crippen LogP contribution < -0.4 is 5.32 Å². The van der Waals surface area contributed by atoms with Crippen molar-refractivity contribution in [3.63, 3.8) is 0 Å². The van der Waals surface area contributed by atoms with E-state index in [1.165, 1.54) is 45.2 Å². The lowest BCUT2D eigenvalue weighted by Crippen LogP contribution is -2.34. The first-order valence-electron chi connectivity index (χ1n) is 9.13. The van der Waals surface area contributed by atoms with Gasteiger partial charge in [-0.2, -0.15) is 5.26 Å². The first-order valence-corrected chi connectivity index (χ1v) is 9.13. The third kappa shape index (κ3) is 3.31. The van der Waals surface area contributed by atoms with Crippen LogP contribution in [0.4, 0.5) is 0 Å². The van der Waals surface area contributed by atoms with Crippen LogP contribution in [0.1, 0.15) is 43.4 Å². The molecule has 1 N–H and O–H groups in total. The van der Waals surface area contributed by atoms with Gasteiger partial charge in [-0.15, -0.1) is 0 Å². The van der Waals surface area contributed by atoms with Crippen molar-refractivity contribution in [2.75, 3.05) is 19.6 Å². The van der Waals surface area contributed by atoms with Gasteiger partial charge in [0.2, 0.25) is 0 Å². The third-order valence-corrected chi connectivity index (χ3v) is 5.55. The van der Waals surface area contributed by atoms with Gasteiger partial charge < -0.3 is 14.6 Å². The maximum atomic E-state index is 9.07. The zero-order chi connectivity index (χ0) is 16.4. The Morgan fingerprint density at radius 2 is 2.12 bits per heavy atom. The molecular weight excluding hydrogens is 298 g/mol. The van der Waals surface area contributed by atoms with E-state index >= 15 is 0 Å². The topological polar surface area (TPSA) is 56.4 Å². The Kier molecular flexibility index (Phi) is 4.50. The molecule has 0 amide bonds. The van der Waals surface area contributed by atoms with E-state index < -0.39 is 0 Å². The minimum atomic E-state index is 0.566. The first-order chi connectivity index (χ1) is 11.8. The summed E-state index contributed by atoms with van der Waals surface area (Å²) >= 11 is 0. The predicted molar refractivity (Wildman–Crippen MR) is 93.5 cm³/mol. The van der Waals surface area contributed by atoms with Gasteiger partial charge in [0, 0.05) is 31.9 Å². The molecule has 0 bridgehead atoms. The molecular formula is C19H25N5. The Labute approximate surface area is 143 Å². The maximum absolute atomic E-state index is 9.07. The van der Waals surface area contributed by atoms with Crippen LogP contribution in [0.5, 0.6) is 0 Å². The summed E-state index contributed by atoms with van der Waals surface area (Å²) in [5.74, 6) is 0.937. The highest BCUT2D eigenvalue weighted by Gasteiger charge is 2.25. The minimum absolute atomic E-state index is 0.566. The summed E-state index contributed by atoms with van der Waals surface area (Å²) in [6.07, 6.45) is 10.7. The normalized spacial score (nSPS) is 22.4. The quantitative estimate of drug-likeness (QED) is 0.919. The first kappa shape index (κ1) is 15.6. The van der Waals surface area contributed by atoms with Gasteiger partial charge in [-0.25, -0.2) is 4.98 Å². The number of likely N-dealkylation sites (tertiary alicyclic amines) is 1. The molecule has 5 nitrogen and oxygen atoms in total. The SMILES string of the molecule is N#Cc1ccc2ncc(CN[C@@H]3CCN(CC4CCCC4)C3)n2c1. The van der Waals surface area contributed by atoms with Crippen molar-refractivity contribution in [2.45, 2.75) is 44.7 Å². The lowest BCUT2D eigenvalue weighted by Gasteiger charge is -2.20. The Balaban J connectivity index is 1.33. The second-order valence-corrected chi connectivity index (χ2v) is 7.28. The van der Waals surface area contributed by atoms with Crippen LogP contribution in [0.2, 0.25) is 0 Å². The van der Waals surface area contributed by atoms with Crippen LogP contribution in [-0.2, 0) is 6.54 Å². The molecule has 0 unspecified atom stereocenters. The monoisotopic (exact) mass is 323 g/mol. The molecule has 0 radical (unpaired) electrons. The predicted octanol–water partition coefficient (Wildman–Crippen LogP) is 2.56. The fourth-order valence-electron chi connectivity index (χ4n) is 4.20. The van der Waals surface area contributed by atoms with Gasteiger partial charge in [0.15, 0.2) is 0 Å². The zero-order valence-electron chi connectivity index (χ0n) is 14.1. The smallest absolute Gasteiger partial charge is 0.137 e. The van der Waals surface area contributed by atoms with E-state index in [-0.39, 0.29) is 0 Å². The molecule has 0 spiro atoms. The summed E-state index contributed by atoms with van der Waals surface area (Å²) in [6.45, 7) is 4.48. The number of rotatable bonds is 5. The van der Waals surface area contributed by atoms with Crippen molar-refractivity contribution in [1.82, 2.24) is 19.6 Å². The van der Waals surface area contributed by atoms with Gasteiger partial charge in [0.25, 0.3) is 0 Å². The second-order valence-electron chi connectivity index (χ2n) is 7.28. The van der Waals surface area contributed by atoms with Crippen LogP contribution in [0.3, 0.4) is 0 Å². The highest BCUT2D eigenvalue weighted by molar-refractivity contribution is 5.44. The summed E-state index contributed by atoms with van der Waals surface area (Å²) < 4.78 is 2.02. The lowest BCUT2D eigenvalue weighted by atomic mass is 10.1. The molecule has 1 atom stereocenters. The molecule has 126 valence electrons. The second kappa shape index (κ2) is 6.92. The molecule has 2 fully saturated rings. The number of aromatic nitrogens is 2. The van der Waals surface area contributed by atoms with Crippen molar-refractivity contribution in [2.24, 2.45) is 5.92 Å². The third-order valence-electron chi connectivity index (χ3n) is 5.55. The molecule has 2 aromatic rings. The number of imidazole rings is 1. The molecule has 5 heteroatoms. The molecule has 1 aliphatic carbocycles. The maximum Gasteiger partial charge on any atom is 0.137 e. The van der Waals surface area contributed by atoms with Crippen LogP contribution in [-0.4, -0.2) is 40.0 Å². The number of nitrogens with one attached hydrogen (secondary N) is 1. The molecule has 3 heterocycles. The summed E-state index contributed by atoms with van der Waals surface area (Å²) in [6, 6.07) is 6.48. The van der Waals surface area contributed by atoms with Gasteiger partial charge in [-0.1, -0.05) is 12.8 Å². The molecule has 1 saturated heterocycles. The molecule has 24 heavy (non-hydrogen) atoms. The molecule has 2 aromatic heterocycles. The van der Waals surface area contributed by atoms with Crippen LogP contribution in [0.15, 0.2) is 24.5 Å². The summed E-state index contributed by atoms with van der Waals surface area (Å²) in [5, 5.41) is 12.8. The molecule has 1 aliphatic heterocycles. The minimum Gasteiger partial charge on any atom is -0.307 e. The van der Waals surface area contributed by atoms with Gasteiger partial charge >= 0.3 is 0 Å². The fraction of sp³-hybridized carbons (Fsp3) is 0.579. The number of pyridine rings is 1. The summed E-state index contributed by atoms with van der Waals surface area (Å²) in [5.41, 5.74) is 2.70. The van der Waals surface area contributed by atoms with Crippen molar-refractivity contribution in [3.05, 3.63) is 35.8 Å². The number of fused-ring (bicyclic) bond motifs is 1. The zero-order valence-corrected chi connectivity index (χ0v) is 14.1. The van der Waals surface area contributed by atoms with Crippen LogP contribution in [0, 0.1) is 17.2 Å². The average molecular weight is 323 g/mol. The molecule has 1 saturated carbocycles. The van der Waals surface area contributed by atoms with Crippen molar-refractivity contribution < 1.29 is 0 Å². The number of hydrogen-bond donors (Lipinski definition) is 1. The van der Waals surface area contributed by atoms with Crippen molar-refractivity contribution in [1.29, 1.82) is 5.26 Å². The van der Waals surface area contributed by atoms with E-state index in [1.807, 2.05) is 28.9 Å². The van der Waals surface area contributed by atoms with E-state index in [0.717, 1.165) is 30.3 Å². The summed E-state index contributed by atoms with van der Waals surface area (Å²) in [7, 11) is 0. The Bertz CT molecular complexity index is 738. The average Bonchev–Trinajstić information content (AvgIpc) is 3.34. The van der Waals surface area contributed by atoms with E-state index in [4.69, 9.17) is 5.26 Å². The Morgan fingerprint density at radius 3 is 2.96 bits per heavy atom. The van der Waals surface area contributed by atoms with E-state index in [0.29, 0.717) is 11.6 Å². The highest BCUT2D eigenvalue weighted by atomic mass is 15.2. The van der Waals surface area contributed by atoms with E-state index in [9.17, 15) is 0 Å². The van der Waals surface area contributed by atoms with E-state index in [2.05, 4.69) is 21.3 Å². The largest absolute Gasteiger partial charge is 0.307 e. The number of nitrogens with zero attached hydrogens (tertiary/aromatic N) is 4. The van der Waals surface area contributed by atoms with Crippen molar-refractivity contribution in [3.8, 4) is 6.07 Å². The molecule has 2 aliphatic rings. The fourth-order valence-corrected chi connectivity index (χ4v) is 4.20. The van der Waals surface area contributed by atoms with Gasteiger partial charge in [-0.3, -0.25) is 0 Å². The molecule has 0 aromatic carbocycles. The lowest BCUT2D eigenvalue weighted by molar-refractivity contribution is 0.273. The Morgan fingerprint density at radius 1 is 1.25 bits per heavy atom. The van der Waals surface area contributed by atoms with Crippen molar-refractivity contribution >= 4 is 5.65 Å². The van der Waals surface area contributed by atoms with Crippen LogP contribution in [0.25, 0.3) is 5.65 Å². The van der Waals surface area contributed by atoms with Crippen LogP contribution >= 0.6 is 0 Å². The summed E-state index contributed by atoms with van der Waals surface area (Å²) in [4.78, 5) is 7.06. The van der Waals surface area contributed by atoms with E-state index in [1.54, 1.807) is 0 Å². The highest BCUT2D eigenvalue weighted by Crippen LogP contribution is 2.26. The Hall–Kier alpha value is -1.90. The van der Waals surface area contributed by atoms with Gasteiger partial charge in [0.05, 0.1) is 17.5 Å². The molecule has 4 rings (SSSR count). The van der Waals surface area contributed by atoms with Gasteiger partial charge in [-0.05, 0) is 43.9 Å². The van der Waals surface area contributed by atoms with Gasteiger partial charge in [0.1, 0.15) is 11.7 Å². The standard InChI is InChI=1S/C19H25N5/c20-9-16-5-6-19-22-11-18(24(19)13-16)10-21-17-7-8-23(14-17)12-15-3-1-2-4-15/h5-6,11,13,15,17,21H,1-4,7-8,10,12,14H2/t17-/m1/s1.